The summed E-state index contributed by atoms with van der Waals surface area (Å²) in [6.45, 7) is 6.19. The molecule has 3 heteroatoms. The van der Waals surface area contributed by atoms with Crippen molar-refractivity contribution in [1.82, 2.24) is 9.97 Å². The lowest BCUT2D eigenvalue weighted by molar-refractivity contribution is 1.09. The number of rotatable bonds is 5. The number of hydrogen-bond donors (Lipinski definition) is 1. The topological polar surface area (TPSA) is 37.8 Å². The highest BCUT2D eigenvalue weighted by molar-refractivity contribution is 5.74. The fourth-order valence-corrected chi connectivity index (χ4v) is 3.06. The van der Waals surface area contributed by atoms with Crippen LogP contribution in [0, 0.1) is 6.92 Å². The van der Waals surface area contributed by atoms with Gasteiger partial charge in [-0.1, -0.05) is 24.8 Å². The smallest absolute Gasteiger partial charge is 0.0858 e. The van der Waals surface area contributed by atoms with E-state index in [0.717, 1.165) is 28.3 Å². The highest BCUT2D eigenvalue weighted by Crippen LogP contribution is 2.43. The molecule has 1 aliphatic carbocycles. The summed E-state index contributed by atoms with van der Waals surface area (Å²) in [5, 5.41) is 3.33. The fourth-order valence-electron chi connectivity index (χ4n) is 3.06. The van der Waals surface area contributed by atoms with E-state index in [1.54, 1.807) is 0 Å². The Kier molecular flexibility index (Phi) is 4.06. The van der Waals surface area contributed by atoms with E-state index in [-0.39, 0.29) is 0 Å². The van der Waals surface area contributed by atoms with Crippen molar-refractivity contribution in [2.45, 2.75) is 25.7 Å². The Morgan fingerprint density at radius 2 is 1.96 bits per heavy atom. The predicted octanol–water partition coefficient (Wildman–Crippen LogP) is 5.41. The van der Waals surface area contributed by atoms with Crippen LogP contribution in [-0.2, 0) is 0 Å². The predicted molar refractivity (Wildman–Crippen MR) is 103 cm³/mol. The van der Waals surface area contributed by atoms with Crippen molar-refractivity contribution in [2.24, 2.45) is 0 Å². The normalized spacial score (nSPS) is 13.5. The molecule has 1 fully saturated rings. The molecule has 1 aliphatic rings. The number of nitrogens with zero attached hydrogens (tertiary/aromatic N) is 2. The maximum absolute atomic E-state index is 4.59. The van der Waals surface area contributed by atoms with E-state index < -0.39 is 0 Å². The minimum atomic E-state index is 0.668. The fraction of sp³-hybridized carbons (Fsp3) is 0.182. The van der Waals surface area contributed by atoms with Crippen LogP contribution in [0.25, 0.3) is 17.0 Å². The largest absolute Gasteiger partial charge is 0.354 e. The first-order chi connectivity index (χ1) is 12.2. The third kappa shape index (κ3) is 3.45. The SMILES string of the molecule is C=C(Nc1cccc(C)c1)c1ccc(-c2ncccc2C2CC2)cn1. The summed E-state index contributed by atoms with van der Waals surface area (Å²) in [6, 6.07) is 16.5. The zero-order chi connectivity index (χ0) is 17.2. The Morgan fingerprint density at radius 1 is 1.08 bits per heavy atom. The van der Waals surface area contributed by atoms with Gasteiger partial charge in [-0.15, -0.1) is 0 Å². The van der Waals surface area contributed by atoms with Crippen LogP contribution in [0.2, 0.25) is 0 Å². The van der Waals surface area contributed by atoms with Crippen LogP contribution in [0.1, 0.15) is 35.6 Å². The lowest BCUT2D eigenvalue weighted by Gasteiger charge is -2.11. The van der Waals surface area contributed by atoms with Gasteiger partial charge in [0, 0.05) is 23.6 Å². The quantitative estimate of drug-likeness (QED) is 0.680. The van der Waals surface area contributed by atoms with Gasteiger partial charge in [-0.05, 0) is 67.1 Å². The number of aromatic nitrogens is 2. The maximum atomic E-state index is 4.59. The van der Waals surface area contributed by atoms with E-state index in [1.807, 2.05) is 36.7 Å². The summed E-state index contributed by atoms with van der Waals surface area (Å²) < 4.78 is 0. The molecule has 0 atom stereocenters. The van der Waals surface area contributed by atoms with Gasteiger partial charge in [0.1, 0.15) is 0 Å². The van der Waals surface area contributed by atoms with E-state index in [9.17, 15) is 0 Å². The van der Waals surface area contributed by atoms with Gasteiger partial charge >= 0.3 is 0 Å². The molecular formula is C22H21N3. The van der Waals surface area contributed by atoms with E-state index in [1.165, 1.54) is 24.0 Å². The Labute approximate surface area is 148 Å². The van der Waals surface area contributed by atoms with Crippen molar-refractivity contribution >= 4 is 11.4 Å². The first-order valence-corrected chi connectivity index (χ1v) is 8.65. The Balaban J connectivity index is 1.55. The van der Waals surface area contributed by atoms with Crippen LogP contribution in [0.5, 0.6) is 0 Å². The minimum absolute atomic E-state index is 0.668. The molecule has 1 aromatic carbocycles. The molecule has 0 radical (unpaired) electrons. The van der Waals surface area contributed by atoms with Crippen molar-refractivity contribution in [3.05, 3.63) is 84.3 Å². The molecule has 3 aromatic rings. The van der Waals surface area contributed by atoms with Crippen molar-refractivity contribution in [1.29, 1.82) is 0 Å². The first kappa shape index (κ1) is 15.6. The second-order valence-corrected chi connectivity index (χ2v) is 6.62. The molecule has 0 saturated heterocycles. The van der Waals surface area contributed by atoms with Crippen LogP contribution in [-0.4, -0.2) is 9.97 Å². The van der Waals surface area contributed by atoms with Gasteiger partial charge in [0.05, 0.1) is 17.1 Å². The summed E-state index contributed by atoms with van der Waals surface area (Å²) in [6.07, 6.45) is 6.28. The number of benzene rings is 1. The van der Waals surface area contributed by atoms with Crippen LogP contribution in [0.3, 0.4) is 0 Å². The molecule has 2 aromatic heterocycles. The van der Waals surface area contributed by atoms with E-state index >= 15 is 0 Å². The highest BCUT2D eigenvalue weighted by Gasteiger charge is 2.26. The van der Waals surface area contributed by atoms with Crippen molar-refractivity contribution in [3.63, 3.8) is 0 Å². The molecule has 1 N–H and O–H groups in total. The molecular weight excluding hydrogens is 306 g/mol. The summed E-state index contributed by atoms with van der Waals surface area (Å²) in [7, 11) is 0. The van der Waals surface area contributed by atoms with E-state index in [4.69, 9.17) is 0 Å². The van der Waals surface area contributed by atoms with Crippen molar-refractivity contribution in [2.75, 3.05) is 5.32 Å². The molecule has 0 aliphatic heterocycles. The summed E-state index contributed by atoms with van der Waals surface area (Å²) in [5.74, 6) is 0.668. The van der Waals surface area contributed by atoms with Gasteiger partial charge < -0.3 is 5.32 Å². The zero-order valence-corrected chi connectivity index (χ0v) is 14.4. The van der Waals surface area contributed by atoms with Gasteiger partial charge in [-0.3, -0.25) is 9.97 Å². The molecule has 0 amide bonds. The average Bonchev–Trinajstić information content (AvgIpc) is 3.47. The zero-order valence-electron chi connectivity index (χ0n) is 14.4. The van der Waals surface area contributed by atoms with E-state index in [2.05, 4.69) is 53.1 Å². The lowest BCUT2D eigenvalue weighted by atomic mass is 10.0. The molecule has 25 heavy (non-hydrogen) atoms. The third-order valence-corrected chi connectivity index (χ3v) is 4.52. The number of aryl methyl sites for hydroxylation is 1. The maximum Gasteiger partial charge on any atom is 0.0858 e. The van der Waals surface area contributed by atoms with Crippen LogP contribution in [0.15, 0.2) is 67.5 Å². The molecule has 0 spiro atoms. The molecule has 2 heterocycles. The van der Waals surface area contributed by atoms with Crippen molar-refractivity contribution in [3.8, 4) is 11.3 Å². The van der Waals surface area contributed by atoms with Gasteiger partial charge in [0.2, 0.25) is 0 Å². The van der Waals surface area contributed by atoms with Gasteiger partial charge in [0.15, 0.2) is 0 Å². The minimum Gasteiger partial charge on any atom is -0.354 e. The lowest BCUT2D eigenvalue weighted by Crippen LogP contribution is -2.00. The van der Waals surface area contributed by atoms with Gasteiger partial charge in [-0.25, -0.2) is 0 Å². The molecule has 0 bridgehead atoms. The van der Waals surface area contributed by atoms with Crippen LogP contribution >= 0.6 is 0 Å². The number of hydrogen-bond acceptors (Lipinski definition) is 3. The molecule has 1 saturated carbocycles. The second-order valence-electron chi connectivity index (χ2n) is 6.62. The molecule has 0 unspecified atom stereocenters. The van der Waals surface area contributed by atoms with Gasteiger partial charge in [0.25, 0.3) is 0 Å². The Bertz CT molecular complexity index is 909. The number of nitrogens with one attached hydrogen (secondary N) is 1. The van der Waals surface area contributed by atoms with Crippen LogP contribution in [0.4, 0.5) is 5.69 Å². The monoisotopic (exact) mass is 327 g/mol. The summed E-state index contributed by atoms with van der Waals surface area (Å²) >= 11 is 0. The highest BCUT2D eigenvalue weighted by atomic mass is 14.9. The van der Waals surface area contributed by atoms with Crippen LogP contribution < -0.4 is 5.32 Å². The molecule has 124 valence electrons. The Morgan fingerprint density at radius 3 is 2.68 bits per heavy atom. The molecule has 3 nitrogen and oxygen atoms in total. The standard InChI is InChI=1S/C22H21N3/c1-15-5-3-6-19(13-15)25-16(2)21-11-10-18(14-24-21)22-20(17-8-9-17)7-4-12-23-22/h3-7,10-14,17,25H,2,8-9H2,1H3. The van der Waals surface area contributed by atoms with Crippen molar-refractivity contribution < 1.29 is 0 Å². The number of anilines is 1. The van der Waals surface area contributed by atoms with E-state index in [0.29, 0.717) is 5.92 Å². The number of pyridine rings is 2. The summed E-state index contributed by atoms with van der Waals surface area (Å²) in [5.41, 5.74) is 7.33. The molecule has 4 rings (SSSR count). The average molecular weight is 327 g/mol. The Hall–Kier alpha value is -2.94. The first-order valence-electron chi connectivity index (χ1n) is 8.65. The summed E-state index contributed by atoms with van der Waals surface area (Å²) in [4.78, 5) is 9.18. The second kappa shape index (κ2) is 6.52. The van der Waals surface area contributed by atoms with Gasteiger partial charge in [-0.2, -0.15) is 0 Å². The third-order valence-electron chi connectivity index (χ3n) is 4.52.